The summed E-state index contributed by atoms with van der Waals surface area (Å²) in [5.74, 6) is -0.432. The van der Waals surface area contributed by atoms with Crippen molar-refractivity contribution in [2.75, 3.05) is 12.8 Å². The SMILES string of the molecule is COC(=O)c1ccc2ncccc2c1N. The quantitative estimate of drug-likeness (QED) is 0.563. The third-order valence-corrected chi connectivity index (χ3v) is 2.23. The molecule has 0 spiro atoms. The first-order chi connectivity index (χ1) is 7.24. The molecule has 0 bridgehead atoms. The van der Waals surface area contributed by atoms with E-state index in [1.807, 2.05) is 6.07 Å². The van der Waals surface area contributed by atoms with Crippen LogP contribution in [0.25, 0.3) is 10.9 Å². The van der Waals surface area contributed by atoms with E-state index in [1.165, 1.54) is 7.11 Å². The number of nitrogen functional groups attached to an aromatic ring is 1. The Morgan fingerprint density at radius 2 is 2.20 bits per heavy atom. The number of hydrogen-bond acceptors (Lipinski definition) is 4. The minimum atomic E-state index is -0.432. The van der Waals surface area contributed by atoms with Gasteiger partial charge >= 0.3 is 5.97 Å². The van der Waals surface area contributed by atoms with Gasteiger partial charge in [-0.05, 0) is 24.3 Å². The summed E-state index contributed by atoms with van der Waals surface area (Å²) >= 11 is 0. The lowest BCUT2D eigenvalue weighted by Gasteiger charge is -2.06. The van der Waals surface area contributed by atoms with Gasteiger partial charge in [0.25, 0.3) is 0 Å². The molecule has 0 saturated carbocycles. The minimum absolute atomic E-state index is 0.373. The normalized spacial score (nSPS) is 10.2. The zero-order valence-corrected chi connectivity index (χ0v) is 8.23. The number of carbonyl (C=O) groups is 1. The van der Waals surface area contributed by atoms with Gasteiger partial charge < -0.3 is 10.5 Å². The van der Waals surface area contributed by atoms with Gasteiger partial charge in [0.2, 0.25) is 0 Å². The third-order valence-electron chi connectivity index (χ3n) is 2.23. The summed E-state index contributed by atoms with van der Waals surface area (Å²) in [6.07, 6.45) is 1.68. The number of rotatable bonds is 1. The van der Waals surface area contributed by atoms with Crippen LogP contribution in [0.2, 0.25) is 0 Å². The molecule has 1 heterocycles. The molecule has 1 aromatic heterocycles. The van der Waals surface area contributed by atoms with Crippen LogP contribution >= 0.6 is 0 Å². The maximum atomic E-state index is 11.4. The number of methoxy groups -OCH3 is 1. The van der Waals surface area contributed by atoms with Crippen molar-refractivity contribution in [1.82, 2.24) is 4.98 Å². The molecule has 0 fully saturated rings. The van der Waals surface area contributed by atoms with Crippen LogP contribution in [-0.4, -0.2) is 18.1 Å². The number of nitrogens with zero attached hydrogens (tertiary/aromatic N) is 1. The molecule has 2 rings (SSSR count). The van der Waals surface area contributed by atoms with Crippen LogP contribution in [0, 0.1) is 0 Å². The lowest BCUT2D eigenvalue weighted by Crippen LogP contribution is -2.05. The summed E-state index contributed by atoms with van der Waals surface area (Å²) in [7, 11) is 1.33. The Morgan fingerprint density at radius 3 is 2.93 bits per heavy atom. The first-order valence-electron chi connectivity index (χ1n) is 4.45. The Kier molecular flexibility index (Phi) is 2.25. The Balaban J connectivity index is 2.70. The fourth-order valence-electron chi connectivity index (χ4n) is 1.46. The van der Waals surface area contributed by atoms with Gasteiger partial charge in [0.15, 0.2) is 0 Å². The van der Waals surface area contributed by atoms with Gasteiger partial charge in [0.05, 0.1) is 23.9 Å². The molecule has 0 radical (unpaired) electrons. The second kappa shape index (κ2) is 3.57. The van der Waals surface area contributed by atoms with Crippen LogP contribution in [0.15, 0.2) is 30.5 Å². The number of hydrogen-bond donors (Lipinski definition) is 1. The first-order valence-corrected chi connectivity index (χ1v) is 4.45. The highest BCUT2D eigenvalue weighted by Gasteiger charge is 2.12. The van der Waals surface area contributed by atoms with E-state index in [0.717, 1.165) is 10.9 Å². The summed E-state index contributed by atoms with van der Waals surface area (Å²) in [6, 6.07) is 6.97. The van der Waals surface area contributed by atoms with E-state index in [0.29, 0.717) is 11.3 Å². The van der Waals surface area contributed by atoms with Gasteiger partial charge in [-0.2, -0.15) is 0 Å². The monoisotopic (exact) mass is 202 g/mol. The molecule has 0 aliphatic heterocycles. The molecule has 4 heteroatoms. The van der Waals surface area contributed by atoms with Gasteiger partial charge in [-0.15, -0.1) is 0 Å². The summed E-state index contributed by atoms with van der Waals surface area (Å²) < 4.78 is 4.63. The number of nitrogens with two attached hydrogens (primary N) is 1. The van der Waals surface area contributed by atoms with Crippen LogP contribution < -0.4 is 5.73 Å². The number of esters is 1. The van der Waals surface area contributed by atoms with Gasteiger partial charge in [-0.1, -0.05) is 0 Å². The topological polar surface area (TPSA) is 65.2 Å². The lowest BCUT2D eigenvalue weighted by atomic mass is 10.1. The van der Waals surface area contributed by atoms with E-state index in [2.05, 4.69) is 9.72 Å². The Morgan fingerprint density at radius 1 is 1.40 bits per heavy atom. The Bertz CT molecular complexity index is 523. The van der Waals surface area contributed by atoms with Gasteiger partial charge in [-0.3, -0.25) is 4.98 Å². The molecule has 15 heavy (non-hydrogen) atoms. The molecule has 0 amide bonds. The molecule has 1 aromatic carbocycles. The smallest absolute Gasteiger partial charge is 0.339 e. The highest BCUT2D eigenvalue weighted by atomic mass is 16.5. The molecule has 2 N–H and O–H groups in total. The first kappa shape index (κ1) is 9.45. The molecule has 4 nitrogen and oxygen atoms in total. The zero-order chi connectivity index (χ0) is 10.8. The molecular formula is C11H10N2O2. The van der Waals surface area contributed by atoms with E-state index in [-0.39, 0.29) is 0 Å². The number of fused-ring (bicyclic) bond motifs is 1. The van der Waals surface area contributed by atoms with Crippen molar-refractivity contribution in [1.29, 1.82) is 0 Å². The second-order valence-corrected chi connectivity index (χ2v) is 3.09. The summed E-state index contributed by atoms with van der Waals surface area (Å²) in [4.78, 5) is 15.5. The van der Waals surface area contributed by atoms with Crippen LogP contribution in [0.1, 0.15) is 10.4 Å². The molecule has 0 aliphatic rings. The van der Waals surface area contributed by atoms with E-state index < -0.39 is 5.97 Å². The van der Waals surface area contributed by atoms with Crippen molar-refractivity contribution in [3.63, 3.8) is 0 Å². The summed E-state index contributed by atoms with van der Waals surface area (Å²) in [6.45, 7) is 0. The lowest BCUT2D eigenvalue weighted by molar-refractivity contribution is 0.0602. The Hall–Kier alpha value is -2.10. The molecule has 0 saturated heterocycles. The van der Waals surface area contributed by atoms with Crippen LogP contribution in [-0.2, 0) is 4.74 Å². The van der Waals surface area contributed by atoms with Crippen molar-refractivity contribution in [2.24, 2.45) is 0 Å². The molecule has 0 atom stereocenters. The van der Waals surface area contributed by atoms with Crippen LogP contribution in [0.5, 0.6) is 0 Å². The van der Waals surface area contributed by atoms with E-state index >= 15 is 0 Å². The predicted molar refractivity (Wildman–Crippen MR) is 57.5 cm³/mol. The average Bonchev–Trinajstić information content (AvgIpc) is 2.29. The second-order valence-electron chi connectivity index (χ2n) is 3.09. The molecule has 2 aromatic rings. The molecule has 0 aliphatic carbocycles. The van der Waals surface area contributed by atoms with Crippen molar-refractivity contribution in [2.45, 2.75) is 0 Å². The van der Waals surface area contributed by atoms with Crippen molar-refractivity contribution in [3.8, 4) is 0 Å². The van der Waals surface area contributed by atoms with Gasteiger partial charge in [-0.25, -0.2) is 4.79 Å². The largest absolute Gasteiger partial charge is 0.465 e. The van der Waals surface area contributed by atoms with E-state index in [1.54, 1.807) is 24.4 Å². The highest BCUT2D eigenvalue weighted by molar-refractivity contribution is 6.04. The maximum Gasteiger partial charge on any atom is 0.339 e. The average molecular weight is 202 g/mol. The van der Waals surface area contributed by atoms with Gasteiger partial charge in [0.1, 0.15) is 0 Å². The van der Waals surface area contributed by atoms with Gasteiger partial charge in [0, 0.05) is 11.6 Å². The number of anilines is 1. The zero-order valence-electron chi connectivity index (χ0n) is 8.23. The maximum absolute atomic E-state index is 11.4. The molecule has 76 valence electrons. The Labute approximate surface area is 86.7 Å². The summed E-state index contributed by atoms with van der Waals surface area (Å²) in [5.41, 5.74) is 7.40. The van der Waals surface area contributed by atoms with E-state index in [4.69, 9.17) is 5.73 Å². The molecule has 0 unspecified atom stereocenters. The summed E-state index contributed by atoms with van der Waals surface area (Å²) in [5, 5.41) is 0.764. The number of carbonyl (C=O) groups excluding carboxylic acids is 1. The minimum Gasteiger partial charge on any atom is -0.465 e. The molecular weight excluding hydrogens is 192 g/mol. The standard InChI is InChI=1S/C11H10N2O2/c1-15-11(14)8-4-5-9-7(10(8)12)3-2-6-13-9/h2-6H,12H2,1H3. The fourth-order valence-corrected chi connectivity index (χ4v) is 1.46. The van der Waals surface area contributed by atoms with Crippen LogP contribution in [0.4, 0.5) is 5.69 Å². The third kappa shape index (κ3) is 1.50. The van der Waals surface area contributed by atoms with Crippen LogP contribution in [0.3, 0.4) is 0 Å². The highest BCUT2D eigenvalue weighted by Crippen LogP contribution is 2.23. The van der Waals surface area contributed by atoms with Crippen molar-refractivity contribution in [3.05, 3.63) is 36.0 Å². The number of pyridine rings is 1. The van der Waals surface area contributed by atoms with E-state index in [9.17, 15) is 4.79 Å². The fraction of sp³-hybridized carbons (Fsp3) is 0.0909. The van der Waals surface area contributed by atoms with Crippen molar-refractivity contribution < 1.29 is 9.53 Å². The number of aromatic nitrogens is 1. The number of benzene rings is 1. The predicted octanol–water partition coefficient (Wildman–Crippen LogP) is 1.60. The number of ether oxygens (including phenoxy) is 1. The van der Waals surface area contributed by atoms with Crippen molar-refractivity contribution >= 4 is 22.6 Å².